The van der Waals surface area contributed by atoms with Gasteiger partial charge in [0.1, 0.15) is 0 Å². The molecule has 2 heteroatoms. The monoisotopic (exact) mass is 304 g/mol. The Morgan fingerprint density at radius 2 is 1.50 bits per heavy atom. The molecule has 1 saturated carbocycles. The maximum absolute atomic E-state index is 10.7. The Balaban J connectivity index is 2.42. The second-order valence-electron chi connectivity index (χ2n) is 8.75. The molecule has 0 spiro atoms. The van der Waals surface area contributed by atoms with E-state index < -0.39 is 0 Å². The highest BCUT2D eigenvalue weighted by Gasteiger charge is 2.27. The Morgan fingerprint density at radius 1 is 0.909 bits per heavy atom. The molecule has 1 N–H and O–H groups in total. The number of phenolic OH excluding ortho intramolecular Hbond substituents is 1. The third kappa shape index (κ3) is 3.97. The van der Waals surface area contributed by atoms with Crippen molar-refractivity contribution in [2.45, 2.75) is 90.6 Å². The minimum Gasteiger partial charge on any atom is -0.504 e. The van der Waals surface area contributed by atoms with Gasteiger partial charge < -0.3 is 9.84 Å². The second kappa shape index (κ2) is 6.14. The molecule has 0 bridgehead atoms. The van der Waals surface area contributed by atoms with Crippen molar-refractivity contribution >= 4 is 0 Å². The normalized spacial score (nSPS) is 17.5. The second-order valence-corrected chi connectivity index (χ2v) is 8.75. The number of hydrogen-bond acceptors (Lipinski definition) is 2. The molecule has 0 amide bonds. The molecule has 22 heavy (non-hydrogen) atoms. The predicted octanol–water partition coefficient (Wildman–Crippen LogP) is 5.70. The van der Waals surface area contributed by atoms with Crippen LogP contribution in [-0.2, 0) is 10.8 Å². The molecule has 0 heterocycles. The Kier molecular flexibility index (Phi) is 4.79. The zero-order valence-corrected chi connectivity index (χ0v) is 15.1. The molecule has 124 valence electrons. The molecule has 1 aromatic rings. The van der Waals surface area contributed by atoms with E-state index in [0.717, 1.165) is 18.4 Å². The fraction of sp³-hybridized carbons (Fsp3) is 0.700. The van der Waals surface area contributed by atoms with Gasteiger partial charge in [-0.25, -0.2) is 0 Å². The largest absolute Gasteiger partial charge is 0.504 e. The summed E-state index contributed by atoms with van der Waals surface area (Å²) in [6.07, 6.45) is 6.23. The summed E-state index contributed by atoms with van der Waals surface area (Å²) in [4.78, 5) is 0. The highest BCUT2D eigenvalue weighted by molar-refractivity contribution is 5.52. The van der Waals surface area contributed by atoms with Gasteiger partial charge >= 0.3 is 0 Å². The fourth-order valence-corrected chi connectivity index (χ4v) is 3.06. The van der Waals surface area contributed by atoms with Gasteiger partial charge in [-0.2, -0.15) is 0 Å². The third-order valence-corrected chi connectivity index (χ3v) is 4.59. The fourth-order valence-electron chi connectivity index (χ4n) is 3.06. The first-order chi connectivity index (χ1) is 10.1. The van der Waals surface area contributed by atoms with Crippen LogP contribution in [-0.4, -0.2) is 11.2 Å². The highest BCUT2D eigenvalue weighted by atomic mass is 16.5. The standard InChI is InChI=1S/C20H32O2/c1-19(2,3)14-12-16(20(4,5)6)18(21)17(13-14)22-15-10-8-7-9-11-15/h12-13,15,21H,7-11H2,1-6H3. The first-order valence-corrected chi connectivity index (χ1v) is 8.63. The Morgan fingerprint density at radius 3 is 2.00 bits per heavy atom. The molecule has 2 rings (SSSR count). The van der Waals surface area contributed by atoms with Crippen molar-refractivity contribution in [1.29, 1.82) is 0 Å². The van der Waals surface area contributed by atoms with Crippen LogP contribution in [0.3, 0.4) is 0 Å². The molecule has 0 aliphatic heterocycles. The molecule has 1 fully saturated rings. The summed E-state index contributed by atoms with van der Waals surface area (Å²) in [5.41, 5.74) is 2.14. The van der Waals surface area contributed by atoms with Crippen LogP contribution < -0.4 is 4.74 Å². The Hall–Kier alpha value is -1.18. The maximum Gasteiger partial charge on any atom is 0.161 e. The summed E-state index contributed by atoms with van der Waals surface area (Å²) < 4.78 is 6.21. The molecule has 0 radical (unpaired) electrons. The van der Waals surface area contributed by atoms with E-state index in [1.165, 1.54) is 24.8 Å². The van der Waals surface area contributed by atoms with Gasteiger partial charge in [0.25, 0.3) is 0 Å². The zero-order chi connectivity index (χ0) is 16.5. The highest BCUT2D eigenvalue weighted by Crippen LogP contribution is 2.42. The van der Waals surface area contributed by atoms with Crippen LogP contribution in [0.5, 0.6) is 11.5 Å². The van der Waals surface area contributed by atoms with E-state index >= 15 is 0 Å². The average molecular weight is 304 g/mol. The number of rotatable bonds is 2. The van der Waals surface area contributed by atoms with Gasteiger partial charge in [-0.15, -0.1) is 0 Å². The summed E-state index contributed by atoms with van der Waals surface area (Å²) in [7, 11) is 0. The molecular formula is C20H32O2. The van der Waals surface area contributed by atoms with E-state index in [4.69, 9.17) is 4.74 Å². The van der Waals surface area contributed by atoms with Crippen LogP contribution >= 0.6 is 0 Å². The summed E-state index contributed by atoms with van der Waals surface area (Å²) in [6.45, 7) is 13.0. The van der Waals surface area contributed by atoms with E-state index in [9.17, 15) is 5.11 Å². The van der Waals surface area contributed by atoms with Crippen molar-refractivity contribution in [3.63, 3.8) is 0 Å². The lowest BCUT2D eigenvalue weighted by Crippen LogP contribution is -2.22. The summed E-state index contributed by atoms with van der Waals surface area (Å²) in [5.74, 6) is 0.996. The van der Waals surface area contributed by atoms with Crippen molar-refractivity contribution < 1.29 is 9.84 Å². The van der Waals surface area contributed by atoms with E-state index in [1.807, 2.05) is 6.07 Å². The van der Waals surface area contributed by atoms with Crippen LogP contribution in [0.25, 0.3) is 0 Å². The molecule has 0 saturated heterocycles. The number of aromatic hydroxyl groups is 1. The quantitative estimate of drug-likeness (QED) is 0.759. The molecule has 2 nitrogen and oxygen atoms in total. The van der Waals surface area contributed by atoms with Crippen LogP contribution in [0.1, 0.15) is 84.8 Å². The van der Waals surface area contributed by atoms with E-state index in [1.54, 1.807) is 0 Å². The molecule has 1 aliphatic carbocycles. The van der Waals surface area contributed by atoms with Gasteiger partial charge in [0, 0.05) is 5.56 Å². The third-order valence-electron chi connectivity index (χ3n) is 4.59. The average Bonchev–Trinajstić information content (AvgIpc) is 2.39. The van der Waals surface area contributed by atoms with E-state index in [0.29, 0.717) is 11.5 Å². The number of benzene rings is 1. The summed E-state index contributed by atoms with van der Waals surface area (Å²) in [5, 5.41) is 10.7. The van der Waals surface area contributed by atoms with Crippen molar-refractivity contribution in [1.82, 2.24) is 0 Å². The minimum atomic E-state index is -0.101. The zero-order valence-electron chi connectivity index (χ0n) is 15.1. The lowest BCUT2D eigenvalue weighted by molar-refractivity contribution is 0.149. The topological polar surface area (TPSA) is 29.5 Å². The Labute approximate surface area is 135 Å². The van der Waals surface area contributed by atoms with Crippen LogP contribution in [0, 0.1) is 0 Å². The number of hydrogen-bond donors (Lipinski definition) is 1. The number of phenols is 1. The first-order valence-electron chi connectivity index (χ1n) is 8.63. The number of ether oxygens (including phenoxy) is 1. The van der Waals surface area contributed by atoms with Crippen LogP contribution in [0.15, 0.2) is 12.1 Å². The molecule has 1 aromatic carbocycles. The van der Waals surface area contributed by atoms with Crippen molar-refractivity contribution in [3.8, 4) is 11.5 Å². The minimum absolute atomic E-state index is 0.0401. The van der Waals surface area contributed by atoms with Crippen molar-refractivity contribution in [2.75, 3.05) is 0 Å². The summed E-state index contributed by atoms with van der Waals surface area (Å²) in [6, 6.07) is 4.18. The molecule has 0 atom stereocenters. The molecule has 0 unspecified atom stereocenters. The predicted molar refractivity (Wildman–Crippen MR) is 93.0 cm³/mol. The van der Waals surface area contributed by atoms with Crippen molar-refractivity contribution in [2.24, 2.45) is 0 Å². The van der Waals surface area contributed by atoms with E-state index in [-0.39, 0.29) is 16.9 Å². The van der Waals surface area contributed by atoms with Crippen LogP contribution in [0.4, 0.5) is 0 Å². The van der Waals surface area contributed by atoms with Gasteiger partial charge in [0.15, 0.2) is 11.5 Å². The van der Waals surface area contributed by atoms with Gasteiger partial charge in [-0.1, -0.05) is 54.0 Å². The van der Waals surface area contributed by atoms with Gasteiger partial charge in [-0.05, 0) is 48.1 Å². The molecular weight excluding hydrogens is 272 g/mol. The maximum atomic E-state index is 10.7. The first kappa shape index (κ1) is 17.2. The SMILES string of the molecule is CC(C)(C)c1cc(OC2CCCCC2)c(O)c(C(C)(C)C)c1. The van der Waals surface area contributed by atoms with Crippen LogP contribution in [0.2, 0.25) is 0 Å². The smallest absolute Gasteiger partial charge is 0.161 e. The summed E-state index contributed by atoms with van der Waals surface area (Å²) >= 11 is 0. The van der Waals surface area contributed by atoms with Gasteiger partial charge in [0.2, 0.25) is 0 Å². The lowest BCUT2D eigenvalue weighted by Gasteiger charge is -2.29. The van der Waals surface area contributed by atoms with Gasteiger partial charge in [-0.3, -0.25) is 0 Å². The molecule has 1 aliphatic rings. The lowest BCUT2D eigenvalue weighted by atomic mass is 9.80. The molecule has 0 aromatic heterocycles. The van der Waals surface area contributed by atoms with Crippen molar-refractivity contribution in [3.05, 3.63) is 23.3 Å². The van der Waals surface area contributed by atoms with Gasteiger partial charge in [0.05, 0.1) is 6.10 Å². The Bertz CT molecular complexity index is 512. The van der Waals surface area contributed by atoms with E-state index in [2.05, 4.69) is 47.6 Å².